The van der Waals surface area contributed by atoms with Gasteiger partial charge >= 0.3 is 5.97 Å². The number of aromatic carboxylic acids is 1. The maximum absolute atomic E-state index is 11.2. The fourth-order valence-corrected chi connectivity index (χ4v) is 3.33. The molecule has 0 aliphatic carbocycles. The van der Waals surface area contributed by atoms with Crippen LogP contribution in [-0.2, 0) is 0 Å². The van der Waals surface area contributed by atoms with Crippen LogP contribution in [-0.4, -0.2) is 25.3 Å². The van der Waals surface area contributed by atoms with Gasteiger partial charge in [-0.1, -0.05) is 0 Å². The highest BCUT2D eigenvalue weighted by molar-refractivity contribution is 7.17. The molecule has 3 rings (SSSR count). The van der Waals surface area contributed by atoms with Gasteiger partial charge in [-0.25, -0.2) is 4.79 Å². The van der Waals surface area contributed by atoms with E-state index in [-0.39, 0.29) is 5.56 Å². The van der Waals surface area contributed by atoms with Crippen molar-refractivity contribution >= 4 is 27.4 Å². The molecular formula is C17H14O4S. The molecule has 0 radical (unpaired) electrons. The Balaban J connectivity index is 2.21. The highest BCUT2D eigenvalue weighted by Crippen LogP contribution is 2.40. The summed E-state index contributed by atoms with van der Waals surface area (Å²) in [4.78, 5) is 11.2. The lowest BCUT2D eigenvalue weighted by atomic mass is 10.0. The molecule has 22 heavy (non-hydrogen) atoms. The third-order valence-electron chi connectivity index (χ3n) is 3.52. The van der Waals surface area contributed by atoms with Crippen LogP contribution < -0.4 is 9.47 Å². The number of thiophene rings is 1. The third kappa shape index (κ3) is 2.40. The Hall–Kier alpha value is -2.53. The Morgan fingerprint density at radius 1 is 1.05 bits per heavy atom. The Labute approximate surface area is 131 Å². The number of methoxy groups -OCH3 is 2. The number of carbonyl (C=O) groups is 1. The van der Waals surface area contributed by atoms with Gasteiger partial charge in [-0.15, -0.1) is 11.3 Å². The number of benzene rings is 2. The van der Waals surface area contributed by atoms with Crippen molar-refractivity contribution in [3.63, 3.8) is 0 Å². The Morgan fingerprint density at radius 2 is 1.86 bits per heavy atom. The molecule has 0 unspecified atom stereocenters. The summed E-state index contributed by atoms with van der Waals surface area (Å²) in [6, 6.07) is 10.8. The summed E-state index contributed by atoms with van der Waals surface area (Å²) in [6.45, 7) is 0. The van der Waals surface area contributed by atoms with Crippen molar-refractivity contribution in [1.29, 1.82) is 0 Å². The quantitative estimate of drug-likeness (QED) is 0.781. The standard InChI is InChI=1S/C17H14O4S/c1-20-11-4-5-12(15(8-11)21-2)14-9-22-16-6-3-10(17(18)19)7-13(14)16/h3-9H,1-2H3,(H,18,19). The summed E-state index contributed by atoms with van der Waals surface area (Å²) < 4.78 is 11.7. The molecule has 0 spiro atoms. The summed E-state index contributed by atoms with van der Waals surface area (Å²) in [7, 11) is 3.21. The van der Waals surface area contributed by atoms with Crippen LogP contribution in [0.5, 0.6) is 11.5 Å². The van der Waals surface area contributed by atoms with Crippen LogP contribution in [0.15, 0.2) is 41.8 Å². The van der Waals surface area contributed by atoms with Gasteiger partial charge in [0.05, 0.1) is 19.8 Å². The van der Waals surface area contributed by atoms with Crippen molar-refractivity contribution in [2.24, 2.45) is 0 Å². The largest absolute Gasteiger partial charge is 0.497 e. The molecule has 0 atom stereocenters. The number of rotatable bonds is 4. The van der Waals surface area contributed by atoms with Crippen molar-refractivity contribution in [3.8, 4) is 22.6 Å². The summed E-state index contributed by atoms with van der Waals surface area (Å²) >= 11 is 1.58. The monoisotopic (exact) mass is 314 g/mol. The van der Waals surface area contributed by atoms with Gasteiger partial charge in [0.1, 0.15) is 11.5 Å². The number of carboxylic acids is 1. The zero-order valence-corrected chi connectivity index (χ0v) is 12.9. The van der Waals surface area contributed by atoms with Gasteiger partial charge < -0.3 is 14.6 Å². The lowest BCUT2D eigenvalue weighted by Crippen LogP contribution is -1.95. The molecule has 0 fully saturated rings. The van der Waals surface area contributed by atoms with E-state index in [1.807, 2.05) is 29.6 Å². The SMILES string of the molecule is COc1ccc(-c2csc3ccc(C(=O)O)cc23)c(OC)c1. The molecule has 1 heterocycles. The van der Waals surface area contributed by atoms with Gasteiger partial charge in [0, 0.05) is 27.3 Å². The number of fused-ring (bicyclic) bond motifs is 1. The fourth-order valence-electron chi connectivity index (χ4n) is 2.39. The van der Waals surface area contributed by atoms with Crippen LogP contribution in [0.25, 0.3) is 21.2 Å². The van der Waals surface area contributed by atoms with E-state index in [0.717, 1.165) is 21.2 Å². The zero-order chi connectivity index (χ0) is 15.7. The minimum atomic E-state index is -0.930. The molecule has 0 saturated carbocycles. The lowest BCUT2D eigenvalue weighted by molar-refractivity contribution is 0.0697. The van der Waals surface area contributed by atoms with E-state index in [1.165, 1.54) is 0 Å². The first-order chi connectivity index (χ1) is 10.6. The highest BCUT2D eigenvalue weighted by Gasteiger charge is 2.14. The normalized spacial score (nSPS) is 10.6. The number of carboxylic acid groups (broad SMARTS) is 1. The van der Waals surface area contributed by atoms with Crippen molar-refractivity contribution in [1.82, 2.24) is 0 Å². The minimum absolute atomic E-state index is 0.277. The summed E-state index contributed by atoms with van der Waals surface area (Å²) in [5.74, 6) is 0.479. The van der Waals surface area contributed by atoms with Crippen LogP contribution in [0.2, 0.25) is 0 Å². The lowest BCUT2D eigenvalue weighted by Gasteiger charge is -2.10. The van der Waals surface area contributed by atoms with E-state index >= 15 is 0 Å². The first-order valence-electron chi connectivity index (χ1n) is 6.61. The molecule has 1 aromatic heterocycles. The second-order valence-electron chi connectivity index (χ2n) is 4.73. The molecule has 0 amide bonds. The van der Waals surface area contributed by atoms with Crippen LogP contribution in [0, 0.1) is 0 Å². The van der Waals surface area contributed by atoms with E-state index in [9.17, 15) is 9.90 Å². The molecule has 1 N–H and O–H groups in total. The Kier molecular flexibility index (Phi) is 3.73. The van der Waals surface area contributed by atoms with E-state index in [0.29, 0.717) is 11.5 Å². The number of hydrogen-bond acceptors (Lipinski definition) is 4. The van der Waals surface area contributed by atoms with Gasteiger partial charge in [0.25, 0.3) is 0 Å². The summed E-state index contributed by atoms with van der Waals surface area (Å²) in [5, 5.41) is 12.1. The van der Waals surface area contributed by atoms with Crippen molar-refractivity contribution in [2.75, 3.05) is 14.2 Å². The van der Waals surface area contributed by atoms with Crippen molar-refractivity contribution < 1.29 is 19.4 Å². The molecule has 0 saturated heterocycles. The maximum Gasteiger partial charge on any atom is 0.335 e. The molecule has 112 valence electrons. The number of hydrogen-bond donors (Lipinski definition) is 1. The zero-order valence-electron chi connectivity index (χ0n) is 12.1. The Morgan fingerprint density at radius 3 is 2.55 bits per heavy atom. The summed E-state index contributed by atoms with van der Waals surface area (Å²) in [6.07, 6.45) is 0. The van der Waals surface area contributed by atoms with E-state index in [2.05, 4.69) is 0 Å². The van der Waals surface area contributed by atoms with Gasteiger partial charge in [-0.2, -0.15) is 0 Å². The minimum Gasteiger partial charge on any atom is -0.497 e. The molecule has 0 aliphatic rings. The Bertz CT molecular complexity index is 851. The molecule has 4 nitrogen and oxygen atoms in total. The maximum atomic E-state index is 11.2. The average Bonchev–Trinajstić information content (AvgIpc) is 2.96. The van der Waals surface area contributed by atoms with E-state index in [1.54, 1.807) is 37.7 Å². The highest BCUT2D eigenvalue weighted by atomic mass is 32.1. The molecular weight excluding hydrogens is 300 g/mol. The van der Waals surface area contributed by atoms with E-state index in [4.69, 9.17) is 9.47 Å². The third-order valence-corrected chi connectivity index (χ3v) is 4.48. The predicted molar refractivity (Wildman–Crippen MR) is 87.3 cm³/mol. The fraction of sp³-hybridized carbons (Fsp3) is 0.118. The second kappa shape index (κ2) is 5.69. The predicted octanol–water partition coefficient (Wildman–Crippen LogP) is 4.28. The molecule has 0 bridgehead atoms. The van der Waals surface area contributed by atoms with Crippen LogP contribution in [0.4, 0.5) is 0 Å². The molecule has 0 aliphatic heterocycles. The van der Waals surface area contributed by atoms with Gasteiger partial charge in [-0.05, 0) is 35.7 Å². The smallest absolute Gasteiger partial charge is 0.335 e. The van der Waals surface area contributed by atoms with Crippen LogP contribution in [0.3, 0.4) is 0 Å². The van der Waals surface area contributed by atoms with Gasteiger partial charge in [-0.3, -0.25) is 0 Å². The molecule has 2 aromatic carbocycles. The van der Waals surface area contributed by atoms with Gasteiger partial charge in [0.2, 0.25) is 0 Å². The van der Waals surface area contributed by atoms with Crippen molar-refractivity contribution in [2.45, 2.75) is 0 Å². The average molecular weight is 314 g/mol. The van der Waals surface area contributed by atoms with Crippen molar-refractivity contribution in [3.05, 3.63) is 47.3 Å². The molecule has 5 heteroatoms. The first-order valence-corrected chi connectivity index (χ1v) is 7.49. The second-order valence-corrected chi connectivity index (χ2v) is 5.64. The van der Waals surface area contributed by atoms with E-state index < -0.39 is 5.97 Å². The van der Waals surface area contributed by atoms with Gasteiger partial charge in [0.15, 0.2) is 0 Å². The number of ether oxygens (including phenoxy) is 2. The summed E-state index contributed by atoms with van der Waals surface area (Å²) in [5.41, 5.74) is 2.15. The molecule has 3 aromatic rings. The van der Waals surface area contributed by atoms with Crippen LogP contribution >= 0.6 is 11.3 Å². The van der Waals surface area contributed by atoms with Crippen LogP contribution in [0.1, 0.15) is 10.4 Å². The topological polar surface area (TPSA) is 55.8 Å². The first kappa shape index (κ1) is 14.4.